The predicted molar refractivity (Wildman–Crippen MR) is 30.1 cm³/mol. The lowest BCUT2D eigenvalue weighted by molar-refractivity contribution is -0.119. The minimum absolute atomic E-state index is 0.282. The summed E-state index contributed by atoms with van der Waals surface area (Å²) in [5.41, 5.74) is 1.33. The Morgan fingerprint density at radius 2 is 2.50 bits per heavy atom. The van der Waals surface area contributed by atoms with Gasteiger partial charge in [0.2, 0.25) is 0 Å². The average molecular weight is 107 g/mol. The zero-order valence-electron chi connectivity index (χ0n) is 4.55. The van der Waals surface area contributed by atoms with Crippen LogP contribution in [-0.2, 0) is 4.79 Å². The van der Waals surface area contributed by atoms with E-state index in [1.807, 2.05) is 6.42 Å². The molecule has 0 saturated heterocycles. The molecule has 0 heterocycles. The van der Waals surface area contributed by atoms with Gasteiger partial charge in [-0.15, -0.1) is 0 Å². The lowest BCUT2D eigenvalue weighted by Gasteiger charge is -1.98. The summed E-state index contributed by atoms with van der Waals surface area (Å²) in [6, 6.07) is 0. The van der Waals surface area contributed by atoms with Crippen LogP contribution in [-0.4, -0.2) is 5.78 Å². The summed E-state index contributed by atoms with van der Waals surface area (Å²) in [5.74, 6) is 0.701. The van der Waals surface area contributed by atoms with Crippen LogP contribution in [0.5, 0.6) is 0 Å². The van der Waals surface area contributed by atoms with E-state index in [-0.39, 0.29) is 5.92 Å². The molecule has 1 nitrogen and oxygen atoms in total. The fraction of sp³-hybridized carbons (Fsp3) is 0.429. The third kappa shape index (κ3) is 0.391. The molecular formula is C7H7O. The van der Waals surface area contributed by atoms with Crippen LogP contribution in [0.1, 0.15) is 12.8 Å². The SMILES string of the molecule is O=C1CC2=C[CH]C1C2. The lowest BCUT2D eigenvalue weighted by atomic mass is 10.1. The standard InChI is InChI=1S/C7H7O/c8-7-4-5-1-2-6(7)3-5/h1-2,6H,3-4H2. The van der Waals surface area contributed by atoms with Crippen molar-refractivity contribution in [1.29, 1.82) is 0 Å². The van der Waals surface area contributed by atoms with E-state index in [0.29, 0.717) is 5.78 Å². The van der Waals surface area contributed by atoms with Gasteiger partial charge in [0.15, 0.2) is 0 Å². The molecule has 2 aliphatic carbocycles. The summed E-state index contributed by atoms with van der Waals surface area (Å²) < 4.78 is 0. The highest BCUT2D eigenvalue weighted by molar-refractivity contribution is 5.90. The van der Waals surface area contributed by atoms with E-state index in [1.54, 1.807) is 0 Å². The number of rotatable bonds is 0. The Bertz CT molecular complexity index is 167. The van der Waals surface area contributed by atoms with Crippen molar-refractivity contribution >= 4 is 5.78 Å². The van der Waals surface area contributed by atoms with Crippen LogP contribution in [0.15, 0.2) is 11.6 Å². The highest BCUT2D eigenvalue weighted by atomic mass is 16.1. The molecule has 0 aliphatic heterocycles. The topological polar surface area (TPSA) is 17.1 Å². The second-order valence-corrected chi connectivity index (χ2v) is 2.47. The summed E-state index contributed by atoms with van der Waals surface area (Å²) in [5, 5.41) is 0. The highest BCUT2D eigenvalue weighted by Crippen LogP contribution is 2.35. The van der Waals surface area contributed by atoms with Crippen molar-refractivity contribution < 1.29 is 4.79 Å². The first-order valence-electron chi connectivity index (χ1n) is 2.92. The zero-order valence-corrected chi connectivity index (χ0v) is 4.55. The van der Waals surface area contributed by atoms with Gasteiger partial charge in [-0.1, -0.05) is 11.6 Å². The highest BCUT2D eigenvalue weighted by Gasteiger charge is 2.31. The van der Waals surface area contributed by atoms with Crippen LogP contribution in [0.25, 0.3) is 0 Å². The van der Waals surface area contributed by atoms with E-state index in [2.05, 4.69) is 6.08 Å². The average Bonchev–Trinajstić information content (AvgIpc) is 2.23. The van der Waals surface area contributed by atoms with E-state index in [0.717, 1.165) is 12.8 Å². The Balaban J connectivity index is 2.37. The van der Waals surface area contributed by atoms with Gasteiger partial charge in [0.05, 0.1) is 0 Å². The molecule has 0 aromatic heterocycles. The van der Waals surface area contributed by atoms with Crippen molar-refractivity contribution in [2.24, 2.45) is 5.92 Å². The molecule has 2 rings (SSSR count). The number of hydrogen-bond donors (Lipinski definition) is 0. The van der Waals surface area contributed by atoms with Crippen molar-refractivity contribution in [3.05, 3.63) is 18.1 Å². The Morgan fingerprint density at radius 1 is 1.62 bits per heavy atom. The van der Waals surface area contributed by atoms with Crippen molar-refractivity contribution in [2.75, 3.05) is 0 Å². The first-order chi connectivity index (χ1) is 3.86. The largest absolute Gasteiger partial charge is 0.299 e. The lowest BCUT2D eigenvalue weighted by Crippen LogP contribution is -2.04. The molecule has 0 amide bonds. The third-order valence-corrected chi connectivity index (χ3v) is 1.86. The second-order valence-electron chi connectivity index (χ2n) is 2.47. The van der Waals surface area contributed by atoms with Crippen LogP contribution < -0.4 is 0 Å². The van der Waals surface area contributed by atoms with E-state index < -0.39 is 0 Å². The number of fused-ring (bicyclic) bond motifs is 2. The molecule has 1 radical (unpaired) electrons. The van der Waals surface area contributed by atoms with Gasteiger partial charge in [-0.05, 0) is 12.8 Å². The van der Waals surface area contributed by atoms with E-state index >= 15 is 0 Å². The number of carbonyl (C=O) groups is 1. The summed E-state index contributed by atoms with van der Waals surface area (Å²) in [4.78, 5) is 10.8. The number of Topliss-reactive ketones (excluding diaryl/α,β-unsaturated/α-hetero) is 1. The molecule has 1 unspecified atom stereocenters. The first-order valence-corrected chi connectivity index (χ1v) is 2.92. The molecule has 8 heavy (non-hydrogen) atoms. The number of ketones is 1. The molecule has 1 atom stereocenters. The quantitative estimate of drug-likeness (QED) is 0.453. The van der Waals surface area contributed by atoms with Crippen molar-refractivity contribution in [3.8, 4) is 0 Å². The maximum atomic E-state index is 10.8. The van der Waals surface area contributed by atoms with Crippen molar-refractivity contribution in [2.45, 2.75) is 12.8 Å². The fourth-order valence-corrected chi connectivity index (χ4v) is 1.38. The maximum Gasteiger partial charge on any atom is 0.140 e. The monoisotopic (exact) mass is 107 g/mol. The molecule has 1 heteroatoms. The second kappa shape index (κ2) is 1.22. The predicted octanol–water partition coefficient (Wildman–Crippen LogP) is 1.11. The van der Waals surface area contributed by atoms with Crippen LogP contribution in [0, 0.1) is 12.3 Å². The molecule has 1 saturated carbocycles. The number of allylic oxidation sites excluding steroid dienone is 2. The Labute approximate surface area is 48.4 Å². The van der Waals surface area contributed by atoms with Crippen molar-refractivity contribution in [3.63, 3.8) is 0 Å². The molecule has 0 aromatic rings. The van der Waals surface area contributed by atoms with Crippen LogP contribution in [0.2, 0.25) is 0 Å². The molecule has 1 fully saturated rings. The smallest absolute Gasteiger partial charge is 0.140 e. The maximum absolute atomic E-state index is 10.8. The van der Waals surface area contributed by atoms with Gasteiger partial charge >= 0.3 is 0 Å². The van der Waals surface area contributed by atoms with Gasteiger partial charge in [0, 0.05) is 12.3 Å². The van der Waals surface area contributed by atoms with Gasteiger partial charge in [0.25, 0.3) is 0 Å². The van der Waals surface area contributed by atoms with Gasteiger partial charge in [0.1, 0.15) is 5.78 Å². The summed E-state index contributed by atoms with van der Waals surface area (Å²) in [6.45, 7) is 0. The fourth-order valence-electron chi connectivity index (χ4n) is 1.38. The Kier molecular flexibility index (Phi) is 0.655. The minimum Gasteiger partial charge on any atom is -0.299 e. The number of hydrogen-bond acceptors (Lipinski definition) is 1. The van der Waals surface area contributed by atoms with E-state index in [1.165, 1.54) is 5.57 Å². The van der Waals surface area contributed by atoms with Gasteiger partial charge in [-0.3, -0.25) is 4.79 Å². The Morgan fingerprint density at radius 3 is 2.75 bits per heavy atom. The van der Waals surface area contributed by atoms with Gasteiger partial charge < -0.3 is 0 Å². The summed E-state index contributed by atoms with van der Waals surface area (Å²) in [6.07, 6.45) is 5.87. The molecule has 2 bridgehead atoms. The van der Waals surface area contributed by atoms with Crippen molar-refractivity contribution in [1.82, 2.24) is 0 Å². The third-order valence-electron chi connectivity index (χ3n) is 1.86. The number of carbonyl (C=O) groups excluding carboxylic acids is 1. The molecule has 0 spiro atoms. The summed E-state index contributed by atoms with van der Waals surface area (Å²) in [7, 11) is 0. The first kappa shape index (κ1) is 4.30. The zero-order chi connectivity index (χ0) is 5.56. The Hall–Kier alpha value is -0.590. The molecule has 41 valence electrons. The van der Waals surface area contributed by atoms with E-state index in [4.69, 9.17) is 0 Å². The molecular weight excluding hydrogens is 100 g/mol. The van der Waals surface area contributed by atoms with E-state index in [9.17, 15) is 4.79 Å². The van der Waals surface area contributed by atoms with Gasteiger partial charge in [-0.2, -0.15) is 0 Å². The normalized spacial score (nSPS) is 33.8. The minimum atomic E-state index is 0.282. The molecule has 0 N–H and O–H groups in total. The van der Waals surface area contributed by atoms with Crippen LogP contribution in [0.4, 0.5) is 0 Å². The van der Waals surface area contributed by atoms with Crippen LogP contribution in [0.3, 0.4) is 0 Å². The molecule has 2 aliphatic rings. The summed E-state index contributed by atoms with van der Waals surface area (Å²) >= 11 is 0. The van der Waals surface area contributed by atoms with Gasteiger partial charge in [-0.25, -0.2) is 0 Å². The molecule has 0 aromatic carbocycles. The van der Waals surface area contributed by atoms with Crippen LogP contribution >= 0.6 is 0 Å².